The van der Waals surface area contributed by atoms with E-state index in [1.807, 2.05) is 6.08 Å². The summed E-state index contributed by atoms with van der Waals surface area (Å²) in [6.07, 6.45) is 4.07. The summed E-state index contributed by atoms with van der Waals surface area (Å²) in [4.78, 5) is 24.5. The number of halogens is 1. The second-order valence-electron chi connectivity index (χ2n) is 5.20. The molecule has 0 bridgehead atoms. The summed E-state index contributed by atoms with van der Waals surface area (Å²) >= 11 is 3.19. The van der Waals surface area contributed by atoms with Gasteiger partial charge in [-0.3, -0.25) is 9.59 Å². The number of methoxy groups -OCH3 is 3. The van der Waals surface area contributed by atoms with Crippen LogP contribution in [0.2, 0.25) is 0 Å². The Bertz CT molecular complexity index is 499. The molecule has 0 heterocycles. The molecule has 0 aliphatic heterocycles. The highest BCUT2D eigenvalue weighted by Gasteiger charge is 2.48. The average molecular weight is 401 g/mol. The second kappa shape index (κ2) is 11.9. The van der Waals surface area contributed by atoms with Crippen LogP contribution in [0.1, 0.15) is 32.1 Å². The molecule has 24 heavy (non-hydrogen) atoms. The Morgan fingerprint density at radius 2 is 1.83 bits per heavy atom. The van der Waals surface area contributed by atoms with Gasteiger partial charge in [0.25, 0.3) is 0 Å². The van der Waals surface area contributed by atoms with Crippen molar-refractivity contribution in [3.05, 3.63) is 23.7 Å². The van der Waals surface area contributed by atoms with E-state index >= 15 is 0 Å². The highest BCUT2D eigenvalue weighted by atomic mass is 79.9. The minimum absolute atomic E-state index is 0.0368. The Labute approximate surface area is 152 Å². The predicted molar refractivity (Wildman–Crippen MR) is 96.4 cm³/mol. The summed E-state index contributed by atoms with van der Waals surface area (Å²) in [7, 11) is 4.01. The number of rotatable bonds is 10. The van der Waals surface area contributed by atoms with Crippen LogP contribution in [0.4, 0.5) is 0 Å². The van der Waals surface area contributed by atoms with Crippen molar-refractivity contribution in [3.63, 3.8) is 0 Å². The zero-order valence-corrected chi connectivity index (χ0v) is 16.1. The van der Waals surface area contributed by atoms with Crippen LogP contribution in [0, 0.1) is 17.3 Å². The fourth-order valence-electron chi connectivity index (χ4n) is 2.16. The third kappa shape index (κ3) is 6.90. The summed E-state index contributed by atoms with van der Waals surface area (Å²) in [6, 6.07) is 0. The lowest BCUT2D eigenvalue weighted by Crippen LogP contribution is -2.41. The topological polar surface area (TPSA) is 61.8 Å². The number of hydrogen-bond acceptors (Lipinski definition) is 5. The molecule has 0 saturated carbocycles. The largest absolute Gasteiger partial charge is 0.468 e. The molecular formula is C18H25BrO5. The van der Waals surface area contributed by atoms with E-state index in [2.05, 4.69) is 40.9 Å². The lowest BCUT2D eigenvalue weighted by Gasteiger charge is -2.26. The Morgan fingerprint density at radius 3 is 2.25 bits per heavy atom. The molecule has 0 spiro atoms. The molecule has 6 heteroatoms. The fourth-order valence-corrected chi connectivity index (χ4v) is 2.64. The Hall–Kier alpha value is -1.58. The van der Waals surface area contributed by atoms with E-state index < -0.39 is 17.4 Å². The first-order chi connectivity index (χ1) is 11.4. The zero-order chi connectivity index (χ0) is 18.6. The van der Waals surface area contributed by atoms with Gasteiger partial charge in [0, 0.05) is 20.0 Å². The molecule has 1 atom stereocenters. The van der Waals surface area contributed by atoms with Crippen molar-refractivity contribution in [1.82, 2.24) is 0 Å². The van der Waals surface area contributed by atoms with Gasteiger partial charge in [0.05, 0.1) is 14.2 Å². The van der Waals surface area contributed by atoms with Crippen molar-refractivity contribution in [3.8, 4) is 11.8 Å². The van der Waals surface area contributed by atoms with Crippen molar-refractivity contribution in [2.45, 2.75) is 38.2 Å². The third-order valence-corrected chi connectivity index (χ3v) is 3.74. The van der Waals surface area contributed by atoms with Crippen molar-refractivity contribution >= 4 is 27.9 Å². The number of esters is 2. The van der Waals surface area contributed by atoms with Gasteiger partial charge in [-0.05, 0) is 23.7 Å². The summed E-state index contributed by atoms with van der Waals surface area (Å²) in [6.45, 7) is 7.37. The fraction of sp³-hybridized carbons (Fsp3) is 0.556. The lowest BCUT2D eigenvalue weighted by molar-refractivity contribution is -0.168. The van der Waals surface area contributed by atoms with Gasteiger partial charge in [0.15, 0.2) is 5.41 Å². The molecule has 5 nitrogen and oxygen atoms in total. The van der Waals surface area contributed by atoms with E-state index in [-0.39, 0.29) is 18.9 Å². The van der Waals surface area contributed by atoms with Crippen LogP contribution in [-0.4, -0.2) is 39.4 Å². The van der Waals surface area contributed by atoms with E-state index in [0.717, 1.165) is 19.3 Å². The summed E-state index contributed by atoms with van der Waals surface area (Å²) in [5, 5.41) is 0. The normalized spacial score (nSPS) is 11.7. The van der Waals surface area contributed by atoms with E-state index in [4.69, 9.17) is 14.2 Å². The van der Waals surface area contributed by atoms with Gasteiger partial charge in [-0.15, -0.1) is 6.58 Å². The van der Waals surface area contributed by atoms with Gasteiger partial charge in [-0.1, -0.05) is 40.4 Å². The van der Waals surface area contributed by atoms with Crippen LogP contribution in [0.15, 0.2) is 23.7 Å². The maximum absolute atomic E-state index is 12.2. The molecule has 0 aliphatic carbocycles. The van der Waals surface area contributed by atoms with Crippen LogP contribution in [-0.2, 0) is 23.8 Å². The quantitative estimate of drug-likeness (QED) is 0.185. The smallest absolute Gasteiger partial charge is 0.324 e. The predicted octanol–water partition coefficient (Wildman–Crippen LogP) is 3.38. The van der Waals surface area contributed by atoms with Crippen LogP contribution < -0.4 is 0 Å². The molecule has 0 saturated heterocycles. The van der Waals surface area contributed by atoms with Gasteiger partial charge >= 0.3 is 11.9 Å². The number of carbonyl (C=O) groups is 2. The Kier molecular flexibility index (Phi) is 11.1. The summed E-state index contributed by atoms with van der Waals surface area (Å²) in [5.41, 5.74) is -1.55. The van der Waals surface area contributed by atoms with Crippen molar-refractivity contribution < 1.29 is 23.8 Å². The van der Waals surface area contributed by atoms with Crippen LogP contribution in [0.5, 0.6) is 0 Å². The van der Waals surface area contributed by atoms with Crippen LogP contribution in [0.25, 0.3) is 0 Å². The minimum atomic E-state index is -1.55. The molecule has 0 aromatic carbocycles. The number of allylic oxidation sites excluding steroid dienone is 2. The molecule has 0 amide bonds. The van der Waals surface area contributed by atoms with Crippen molar-refractivity contribution in [2.24, 2.45) is 5.41 Å². The average Bonchev–Trinajstić information content (AvgIpc) is 2.57. The zero-order valence-electron chi connectivity index (χ0n) is 14.5. The molecule has 1 unspecified atom stereocenters. The maximum Gasteiger partial charge on any atom is 0.324 e. The monoisotopic (exact) mass is 400 g/mol. The molecule has 0 fully saturated rings. The van der Waals surface area contributed by atoms with Crippen LogP contribution >= 0.6 is 15.9 Å². The maximum atomic E-state index is 12.2. The number of carbonyl (C=O) groups excluding carboxylic acids is 2. The van der Waals surface area contributed by atoms with Crippen molar-refractivity contribution in [1.29, 1.82) is 0 Å². The SMILES string of the molecule is C=CCCCC(C#CCC(CC(=C)Br)(C(=O)OC)C(=O)OC)OC. The Balaban J connectivity index is 5.35. The van der Waals surface area contributed by atoms with Crippen molar-refractivity contribution in [2.75, 3.05) is 21.3 Å². The van der Waals surface area contributed by atoms with Gasteiger partial charge in [0.1, 0.15) is 6.10 Å². The molecule has 0 aromatic rings. The number of unbranched alkanes of at least 4 members (excludes halogenated alkanes) is 1. The first-order valence-corrected chi connectivity index (χ1v) is 8.29. The van der Waals surface area contributed by atoms with Gasteiger partial charge in [-0.2, -0.15) is 0 Å². The van der Waals surface area contributed by atoms with Crippen LogP contribution in [0.3, 0.4) is 0 Å². The first kappa shape index (κ1) is 22.4. The minimum Gasteiger partial charge on any atom is -0.468 e. The molecule has 134 valence electrons. The molecule has 0 rings (SSSR count). The number of ether oxygens (including phenoxy) is 3. The first-order valence-electron chi connectivity index (χ1n) is 7.50. The highest BCUT2D eigenvalue weighted by molar-refractivity contribution is 9.11. The third-order valence-electron chi connectivity index (χ3n) is 3.46. The standard InChI is InChI=1S/C18H25BrO5/c1-6-7-8-10-15(22-3)11-9-12-18(13-14(2)19,16(20)23-4)17(21)24-5/h6,15H,1-2,7-8,10,12-13H2,3-5H3. The molecule has 0 radical (unpaired) electrons. The van der Waals surface area contributed by atoms with Gasteiger partial charge in [-0.25, -0.2) is 0 Å². The van der Waals surface area contributed by atoms with Gasteiger partial charge < -0.3 is 14.2 Å². The molecular weight excluding hydrogens is 376 g/mol. The molecule has 0 aromatic heterocycles. The Morgan fingerprint density at radius 1 is 1.25 bits per heavy atom. The lowest BCUT2D eigenvalue weighted by atomic mass is 9.81. The van der Waals surface area contributed by atoms with Gasteiger partial charge in [0.2, 0.25) is 0 Å². The van der Waals surface area contributed by atoms with E-state index in [9.17, 15) is 9.59 Å². The highest BCUT2D eigenvalue weighted by Crippen LogP contribution is 2.34. The van der Waals surface area contributed by atoms with E-state index in [1.54, 1.807) is 7.11 Å². The molecule has 0 N–H and O–H groups in total. The second-order valence-corrected chi connectivity index (χ2v) is 6.32. The van der Waals surface area contributed by atoms with E-state index in [1.165, 1.54) is 14.2 Å². The summed E-state index contributed by atoms with van der Waals surface area (Å²) < 4.78 is 15.4. The molecule has 0 aliphatic rings. The number of hydrogen-bond donors (Lipinski definition) is 0. The summed E-state index contributed by atoms with van der Waals surface area (Å²) in [5.74, 6) is 4.42. The van der Waals surface area contributed by atoms with E-state index in [0.29, 0.717) is 4.48 Å².